The van der Waals surface area contributed by atoms with Crippen molar-refractivity contribution < 1.29 is 0 Å². The van der Waals surface area contributed by atoms with Gasteiger partial charge in [-0.2, -0.15) is 0 Å². The van der Waals surface area contributed by atoms with Gasteiger partial charge in [0.1, 0.15) is 0 Å². The summed E-state index contributed by atoms with van der Waals surface area (Å²) in [6.07, 6.45) is 8.72. The molecule has 0 amide bonds. The highest BCUT2D eigenvalue weighted by atomic mass is 14.9. The van der Waals surface area contributed by atoms with Crippen molar-refractivity contribution in [3.63, 3.8) is 0 Å². The van der Waals surface area contributed by atoms with Crippen molar-refractivity contribution in [1.82, 2.24) is 5.32 Å². The average Bonchev–Trinajstić information content (AvgIpc) is 2.42. The molecule has 0 radical (unpaired) electrons. The van der Waals surface area contributed by atoms with Crippen LogP contribution in [0, 0.1) is 17.3 Å². The van der Waals surface area contributed by atoms with Crippen LogP contribution < -0.4 is 5.32 Å². The summed E-state index contributed by atoms with van der Waals surface area (Å²) in [4.78, 5) is 0. The summed E-state index contributed by atoms with van der Waals surface area (Å²) < 4.78 is 0. The van der Waals surface area contributed by atoms with E-state index >= 15 is 0 Å². The van der Waals surface area contributed by atoms with Gasteiger partial charge in [0.2, 0.25) is 0 Å². The minimum absolute atomic E-state index is 0.244. The van der Waals surface area contributed by atoms with Crippen LogP contribution in [0.5, 0.6) is 0 Å². The molecular weight excluding hydrogens is 218 g/mol. The summed E-state index contributed by atoms with van der Waals surface area (Å²) in [5.41, 5.74) is 0.668. The molecule has 108 valence electrons. The second-order valence-corrected chi connectivity index (χ2v) is 8.36. The molecule has 1 heteroatoms. The Morgan fingerprint density at radius 3 is 1.78 bits per heavy atom. The summed E-state index contributed by atoms with van der Waals surface area (Å²) in [5.74, 6) is 1.75. The molecule has 0 saturated heterocycles. The Hall–Kier alpha value is -0.0400. The molecule has 0 spiro atoms. The van der Waals surface area contributed by atoms with Crippen LogP contribution in [0.2, 0.25) is 0 Å². The molecule has 1 N–H and O–H groups in total. The lowest BCUT2D eigenvalue weighted by Crippen LogP contribution is -2.44. The molecule has 1 fully saturated rings. The van der Waals surface area contributed by atoms with Crippen molar-refractivity contribution in [3.05, 3.63) is 0 Å². The quantitative estimate of drug-likeness (QED) is 0.697. The highest BCUT2D eigenvalue weighted by molar-refractivity contribution is 4.85. The Balaban J connectivity index is 2.65. The van der Waals surface area contributed by atoms with Crippen LogP contribution in [-0.2, 0) is 0 Å². The number of rotatable bonds is 3. The van der Waals surface area contributed by atoms with E-state index in [0.717, 1.165) is 11.8 Å². The van der Waals surface area contributed by atoms with Crippen LogP contribution in [0.15, 0.2) is 0 Å². The first-order chi connectivity index (χ1) is 8.20. The fraction of sp³-hybridized carbons (Fsp3) is 1.00. The molecule has 1 aliphatic rings. The second kappa shape index (κ2) is 6.41. The molecule has 0 bridgehead atoms. The maximum Gasteiger partial charge on any atom is 0.00966 e. The summed E-state index contributed by atoms with van der Waals surface area (Å²) in [6, 6.07) is 0. The van der Waals surface area contributed by atoms with Gasteiger partial charge in [0.25, 0.3) is 0 Å². The Morgan fingerprint density at radius 2 is 1.39 bits per heavy atom. The zero-order chi connectivity index (χ0) is 13.8. The van der Waals surface area contributed by atoms with E-state index in [4.69, 9.17) is 0 Å². The molecule has 1 unspecified atom stereocenters. The summed E-state index contributed by atoms with van der Waals surface area (Å²) in [5, 5.41) is 3.75. The molecule has 1 aliphatic carbocycles. The smallest absolute Gasteiger partial charge is 0.00966 e. The lowest BCUT2D eigenvalue weighted by Gasteiger charge is -2.39. The topological polar surface area (TPSA) is 12.0 Å². The maximum absolute atomic E-state index is 3.75. The van der Waals surface area contributed by atoms with Crippen molar-refractivity contribution in [1.29, 1.82) is 0 Å². The molecule has 1 rings (SSSR count). The first-order valence-electron chi connectivity index (χ1n) is 7.95. The van der Waals surface area contributed by atoms with Gasteiger partial charge in [-0.25, -0.2) is 0 Å². The van der Waals surface area contributed by atoms with Gasteiger partial charge in [-0.05, 0) is 44.6 Å². The van der Waals surface area contributed by atoms with Crippen LogP contribution >= 0.6 is 0 Å². The maximum atomic E-state index is 3.75. The third-order valence-electron chi connectivity index (χ3n) is 4.43. The lowest BCUT2D eigenvalue weighted by atomic mass is 9.70. The predicted octanol–water partition coefficient (Wildman–Crippen LogP) is 5.01. The number of hydrogen-bond acceptors (Lipinski definition) is 1. The van der Waals surface area contributed by atoms with E-state index in [-0.39, 0.29) is 5.54 Å². The van der Waals surface area contributed by atoms with Gasteiger partial charge in [-0.15, -0.1) is 0 Å². The summed E-state index contributed by atoms with van der Waals surface area (Å²) >= 11 is 0. The van der Waals surface area contributed by atoms with E-state index in [1.165, 1.54) is 45.1 Å². The van der Waals surface area contributed by atoms with E-state index in [0.29, 0.717) is 5.41 Å². The van der Waals surface area contributed by atoms with E-state index in [1.54, 1.807) is 0 Å². The molecule has 18 heavy (non-hydrogen) atoms. The Kier molecular flexibility index (Phi) is 5.70. The molecule has 0 aliphatic heterocycles. The van der Waals surface area contributed by atoms with Gasteiger partial charge in [-0.1, -0.05) is 59.3 Å². The minimum Gasteiger partial charge on any atom is -0.312 e. The Labute approximate surface area is 115 Å². The summed E-state index contributed by atoms with van der Waals surface area (Å²) in [7, 11) is 0. The van der Waals surface area contributed by atoms with Gasteiger partial charge < -0.3 is 5.32 Å². The molecular formula is C17H35N. The molecule has 0 aromatic carbocycles. The minimum atomic E-state index is 0.244. The SMILES string of the molecule is CC(C)(C)NCC(C1CCCCCC1)C(C)(C)C. The monoisotopic (exact) mass is 253 g/mol. The van der Waals surface area contributed by atoms with Gasteiger partial charge in [0, 0.05) is 5.54 Å². The lowest BCUT2D eigenvalue weighted by molar-refractivity contribution is 0.131. The van der Waals surface area contributed by atoms with Gasteiger partial charge in [-0.3, -0.25) is 0 Å². The van der Waals surface area contributed by atoms with Crippen LogP contribution in [0.25, 0.3) is 0 Å². The highest BCUT2D eigenvalue weighted by Gasteiger charge is 2.32. The summed E-state index contributed by atoms with van der Waals surface area (Å²) in [6.45, 7) is 15.3. The number of nitrogens with one attached hydrogen (secondary N) is 1. The zero-order valence-electron chi connectivity index (χ0n) is 13.6. The van der Waals surface area contributed by atoms with Crippen molar-refractivity contribution >= 4 is 0 Å². The van der Waals surface area contributed by atoms with Crippen LogP contribution in [0.1, 0.15) is 80.1 Å². The predicted molar refractivity (Wildman–Crippen MR) is 81.9 cm³/mol. The Morgan fingerprint density at radius 1 is 0.889 bits per heavy atom. The molecule has 1 atom stereocenters. The van der Waals surface area contributed by atoms with Gasteiger partial charge >= 0.3 is 0 Å². The molecule has 1 saturated carbocycles. The van der Waals surface area contributed by atoms with Crippen molar-refractivity contribution in [2.24, 2.45) is 17.3 Å². The first kappa shape index (κ1) is 16.0. The van der Waals surface area contributed by atoms with Crippen LogP contribution in [-0.4, -0.2) is 12.1 Å². The van der Waals surface area contributed by atoms with Gasteiger partial charge in [0.05, 0.1) is 0 Å². The highest BCUT2D eigenvalue weighted by Crippen LogP contribution is 2.39. The van der Waals surface area contributed by atoms with E-state index in [9.17, 15) is 0 Å². The third-order valence-corrected chi connectivity index (χ3v) is 4.43. The van der Waals surface area contributed by atoms with Crippen molar-refractivity contribution in [3.8, 4) is 0 Å². The molecule has 0 heterocycles. The van der Waals surface area contributed by atoms with Crippen LogP contribution in [0.4, 0.5) is 0 Å². The molecule has 1 nitrogen and oxygen atoms in total. The average molecular weight is 253 g/mol. The molecule has 0 aromatic heterocycles. The first-order valence-corrected chi connectivity index (χ1v) is 7.95. The third kappa shape index (κ3) is 5.73. The largest absolute Gasteiger partial charge is 0.312 e. The molecule has 0 aromatic rings. The van der Waals surface area contributed by atoms with E-state index in [2.05, 4.69) is 46.9 Å². The standard InChI is InChI=1S/C17H35N/c1-16(2,3)15(13-18-17(4,5)6)14-11-9-7-8-10-12-14/h14-15,18H,7-13H2,1-6H3. The normalized spacial score (nSPS) is 21.7. The zero-order valence-corrected chi connectivity index (χ0v) is 13.6. The van der Waals surface area contributed by atoms with Crippen molar-refractivity contribution in [2.75, 3.05) is 6.54 Å². The van der Waals surface area contributed by atoms with E-state index in [1.807, 2.05) is 0 Å². The fourth-order valence-electron chi connectivity index (χ4n) is 3.31. The van der Waals surface area contributed by atoms with Gasteiger partial charge in [0.15, 0.2) is 0 Å². The Bertz CT molecular complexity index is 223. The van der Waals surface area contributed by atoms with Crippen LogP contribution in [0.3, 0.4) is 0 Å². The fourth-order valence-corrected chi connectivity index (χ4v) is 3.31. The van der Waals surface area contributed by atoms with Crippen molar-refractivity contribution in [2.45, 2.75) is 85.6 Å². The number of hydrogen-bond donors (Lipinski definition) is 1. The second-order valence-electron chi connectivity index (χ2n) is 8.36. The van der Waals surface area contributed by atoms with E-state index < -0.39 is 0 Å².